The molecule has 4 nitrogen and oxygen atoms in total. The molecule has 0 aromatic carbocycles. The molecule has 0 bridgehead atoms. The molecule has 1 fully saturated rings. The number of anilines is 2. The molecule has 2 aromatic heterocycles. The standard InChI is InChI=1S/C16H24N4S/c1-3-17-16-19-14(13-8-9-21-15(13)20-16)18-10-12-7-5-4-6-11(12)2/h8-9,11-12H,3-7,10H2,1-2H3,(H2,17,18,19,20). The lowest BCUT2D eigenvalue weighted by Gasteiger charge is -2.29. The van der Waals surface area contributed by atoms with E-state index in [1.165, 1.54) is 25.7 Å². The van der Waals surface area contributed by atoms with E-state index in [2.05, 4.69) is 45.9 Å². The lowest BCUT2D eigenvalue weighted by atomic mass is 9.80. The summed E-state index contributed by atoms with van der Waals surface area (Å²) in [5.41, 5.74) is 0. The Balaban J connectivity index is 1.77. The number of nitrogens with zero attached hydrogens (tertiary/aromatic N) is 2. The van der Waals surface area contributed by atoms with E-state index in [9.17, 15) is 0 Å². The molecule has 2 atom stereocenters. The van der Waals surface area contributed by atoms with Crippen LogP contribution in [0.3, 0.4) is 0 Å². The van der Waals surface area contributed by atoms with Gasteiger partial charge in [-0.3, -0.25) is 0 Å². The van der Waals surface area contributed by atoms with Crippen molar-refractivity contribution in [2.45, 2.75) is 39.5 Å². The van der Waals surface area contributed by atoms with Gasteiger partial charge in [-0.25, -0.2) is 4.98 Å². The van der Waals surface area contributed by atoms with Gasteiger partial charge < -0.3 is 10.6 Å². The number of hydrogen-bond donors (Lipinski definition) is 2. The summed E-state index contributed by atoms with van der Waals surface area (Å²) in [7, 11) is 0. The molecule has 21 heavy (non-hydrogen) atoms. The van der Waals surface area contributed by atoms with Crippen molar-refractivity contribution in [2.75, 3.05) is 23.7 Å². The molecular formula is C16H24N4S. The number of thiophene rings is 1. The fourth-order valence-corrected chi connectivity index (χ4v) is 3.92. The smallest absolute Gasteiger partial charge is 0.226 e. The van der Waals surface area contributed by atoms with E-state index in [1.54, 1.807) is 11.3 Å². The Morgan fingerprint density at radius 3 is 2.90 bits per heavy atom. The maximum Gasteiger partial charge on any atom is 0.226 e. The monoisotopic (exact) mass is 304 g/mol. The van der Waals surface area contributed by atoms with Gasteiger partial charge in [0.25, 0.3) is 0 Å². The van der Waals surface area contributed by atoms with Crippen LogP contribution in [0.15, 0.2) is 11.4 Å². The topological polar surface area (TPSA) is 49.8 Å². The van der Waals surface area contributed by atoms with Crippen molar-refractivity contribution >= 4 is 33.3 Å². The average Bonchev–Trinajstić information content (AvgIpc) is 2.95. The highest BCUT2D eigenvalue weighted by Crippen LogP contribution is 2.31. The highest BCUT2D eigenvalue weighted by molar-refractivity contribution is 7.16. The van der Waals surface area contributed by atoms with Gasteiger partial charge >= 0.3 is 0 Å². The molecule has 0 aliphatic heterocycles. The second-order valence-electron chi connectivity index (χ2n) is 5.97. The summed E-state index contributed by atoms with van der Waals surface area (Å²) in [6.07, 6.45) is 5.47. The van der Waals surface area contributed by atoms with E-state index >= 15 is 0 Å². The minimum Gasteiger partial charge on any atom is -0.369 e. The van der Waals surface area contributed by atoms with Crippen molar-refractivity contribution in [1.82, 2.24) is 9.97 Å². The summed E-state index contributed by atoms with van der Waals surface area (Å²) in [4.78, 5) is 10.3. The van der Waals surface area contributed by atoms with Crippen LogP contribution in [0.5, 0.6) is 0 Å². The summed E-state index contributed by atoms with van der Waals surface area (Å²) in [5.74, 6) is 3.30. The quantitative estimate of drug-likeness (QED) is 0.861. The zero-order chi connectivity index (χ0) is 14.7. The minimum absolute atomic E-state index is 0.728. The molecule has 1 aliphatic carbocycles. The normalized spacial score (nSPS) is 22.4. The molecule has 1 saturated carbocycles. The molecule has 0 saturated heterocycles. The molecule has 5 heteroatoms. The molecule has 0 spiro atoms. The summed E-state index contributed by atoms with van der Waals surface area (Å²) in [6, 6.07) is 2.11. The van der Waals surface area contributed by atoms with Crippen LogP contribution in [0.2, 0.25) is 0 Å². The highest BCUT2D eigenvalue weighted by Gasteiger charge is 2.21. The van der Waals surface area contributed by atoms with Gasteiger partial charge in [0.2, 0.25) is 5.95 Å². The van der Waals surface area contributed by atoms with Crippen molar-refractivity contribution in [2.24, 2.45) is 11.8 Å². The number of nitrogens with one attached hydrogen (secondary N) is 2. The van der Waals surface area contributed by atoms with Crippen LogP contribution < -0.4 is 10.6 Å². The van der Waals surface area contributed by atoms with Crippen molar-refractivity contribution in [3.8, 4) is 0 Å². The molecule has 2 N–H and O–H groups in total. The van der Waals surface area contributed by atoms with Gasteiger partial charge in [0.05, 0.1) is 5.39 Å². The molecule has 2 aromatic rings. The lowest BCUT2D eigenvalue weighted by molar-refractivity contribution is 0.268. The van der Waals surface area contributed by atoms with Crippen LogP contribution in [0.1, 0.15) is 39.5 Å². The Hall–Kier alpha value is -1.36. The highest BCUT2D eigenvalue weighted by atomic mass is 32.1. The zero-order valence-corrected chi connectivity index (χ0v) is 13.7. The van der Waals surface area contributed by atoms with Crippen LogP contribution in [0, 0.1) is 11.8 Å². The maximum atomic E-state index is 4.65. The van der Waals surface area contributed by atoms with Gasteiger partial charge in [-0.15, -0.1) is 11.3 Å². The van der Waals surface area contributed by atoms with Gasteiger partial charge in [0, 0.05) is 13.1 Å². The summed E-state index contributed by atoms with van der Waals surface area (Å²) >= 11 is 1.67. The molecule has 0 amide bonds. The van der Waals surface area contributed by atoms with Crippen LogP contribution in [-0.2, 0) is 0 Å². The molecular weight excluding hydrogens is 280 g/mol. The maximum absolute atomic E-state index is 4.65. The fourth-order valence-electron chi connectivity index (χ4n) is 3.15. The third kappa shape index (κ3) is 3.28. The zero-order valence-electron chi connectivity index (χ0n) is 12.9. The number of aromatic nitrogens is 2. The summed E-state index contributed by atoms with van der Waals surface area (Å²) in [6.45, 7) is 6.32. The van der Waals surface area contributed by atoms with Crippen LogP contribution in [0.25, 0.3) is 10.2 Å². The van der Waals surface area contributed by atoms with E-state index in [4.69, 9.17) is 0 Å². The van der Waals surface area contributed by atoms with Gasteiger partial charge in [0.1, 0.15) is 10.6 Å². The molecule has 114 valence electrons. The minimum atomic E-state index is 0.728. The SMILES string of the molecule is CCNc1nc(NCC2CCCCC2C)c2ccsc2n1. The summed E-state index contributed by atoms with van der Waals surface area (Å²) in [5, 5.41) is 10.0. The van der Waals surface area contributed by atoms with Crippen LogP contribution >= 0.6 is 11.3 Å². The Labute approximate surface area is 130 Å². The van der Waals surface area contributed by atoms with Crippen LogP contribution in [0.4, 0.5) is 11.8 Å². The van der Waals surface area contributed by atoms with Crippen molar-refractivity contribution in [3.05, 3.63) is 11.4 Å². The second-order valence-corrected chi connectivity index (χ2v) is 6.86. The molecule has 0 radical (unpaired) electrons. The van der Waals surface area contributed by atoms with Gasteiger partial charge in [-0.05, 0) is 36.6 Å². The van der Waals surface area contributed by atoms with Crippen molar-refractivity contribution < 1.29 is 0 Å². The number of fused-ring (bicyclic) bond motifs is 1. The van der Waals surface area contributed by atoms with Crippen LogP contribution in [-0.4, -0.2) is 23.1 Å². The predicted molar refractivity (Wildman–Crippen MR) is 91.2 cm³/mol. The Kier molecular flexibility index (Phi) is 4.58. The molecule has 2 heterocycles. The first-order chi connectivity index (χ1) is 10.3. The number of rotatable bonds is 5. The van der Waals surface area contributed by atoms with Crippen molar-refractivity contribution in [3.63, 3.8) is 0 Å². The van der Waals surface area contributed by atoms with E-state index < -0.39 is 0 Å². The predicted octanol–water partition coefficient (Wildman–Crippen LogP) is 4.36. The largest absolute Gasteiger partial charge is 0.369 e. The van der Waals surface area contributed by atoms with E-state index in [0.29, 0.717) is 0 Å². The van der Waals surface area contributed by atoms with Crippen molar-refractivity contribution in [1.29, 1.82) is 0 Å². The lowest BCUT2D eigenvalue weighted by Crippen LogP contribution is -2.24. The first-order valence-corrected chi connectivity index (χ1v) is 8.89. The first kappa shape index (κ1) is 14.6. The van der Waals surface area contributed by atoms with E-state index in [1.807, 2.05) is 0 Å². The Morgan fingerprint density at radius 1 is 1.24 bits per heavy atom. The van der Waals surface area contributed by atoms with E-state index in [0.717, 1.165) is 46.9 Å². The van der Waals surface area contributed by atoms with Gasteiger partial charge in [0.15, 0.2) is 0 Å². The first-order valence-electron chi connectivity index (χ1n) is 8.01. The average molecular weight is 304 g/mol. The molecule has 1 aliphatic rings. The number of hydrogen-bond acceptors (Lipinski definition) is 5. The Morgan fingerprint density at radius 2 is 2.10 bits per heavy atom. The third-order valence-corrected chi connectivity index (χ3v) is 5.29. The second kappa shape index (κ2) is 6.60. The molecule has 3 rings (SSSR count). The molecule has 2 unspecified atom stereocenters. The van der Waals surface area contributed by atoms with Gasteiger partial charge in [-0.1, -0.05) is 26.2 Å². The fraction of sp³-hybridized carbons (Fsp3) is 0.625. The third-order valence-electron chi connectivity index (χ3n) is 4.48. The van der Waals surface area contributed by atoms with Gasteiger partial charge in [-0.2, -0.15) is 4.98 Å². The summed E-state index contributed by atoms with van der Waals surface area (Å²) < 4.78 is 0. The van der Waals surface area contributed by atoms with E-state index in [-0.39, 0.29) is 0 Å². The Bertz CT molecular complexity index is 595.